The Kier molecular flexibility index (Phi) is 3.15. The molecule has 0 aromatic heterocycles. The van der Waals surface area contributed by atoms with Gasteiger partial charge in [-0.05, 0) is 48.7 Å². The molecule has 0 saturated carbocycles. The number of rotatable bonds is 4. The topological polar surface area (TPSA) is 39.7 Å². The predicted octanol–water partition coefficient (Wildman–Crippen LogP) is 3.33. The van der Waals surface area contributed by atoms with Gasteiger partial charge in [0.15, 0.2) is 11.5 Å². The van der Waals surface area contributed by atoms with Crippen LogP contribution in [0.4, 0.5) is 4.39 Å². The van der Waals surface area contributed by atoms with Crippen LogP contribution < -0.4 is 19.5 Å². The first-order valence-corrected chi connectivity index (χ1v) is 7.86. The van der Waals surface area contributed by atoms with Gasteiger partial charge in [0.05, 0.1) is 6.61 Å². The van der Waals surface area contributed by atoms with Crippen LogP contribution in [-0.2, 0) is 0 Å². The first-order valence-electron chi connectivity index (χ1n) is 9.86. The Bertz CT molecular complexity index is 863. The molecular weight excluding hydrogens is 309 g/mol. The van der Waals surface area contributed by atoms with E-state index in [2.05, 4.69) is 5.32 Å². The molecule has 2 atom stereocenters. The van der Waals surface area contributed by atoms with E-state index in [9.17, 15) is 4.39 Å². The summed E-state index contributed by atoms with van der Waals surface area (Å²) < 4.78 is 60.3. The van der Waals surface area contributed by atoms with E-state index < -0.39 is 13.2 Å². The fourth-order valence-electron chi connectivity index (χ4n) is 3.03. The van der Waals surface area contributed by atoms with E-state index in [4.69, 9.17) is 19.7 Å². The average molecular weight is 333 g/mol. The molecule has 0 aliphatic carbocycles. The molecule has 24 heavy (non-hydrogen) atoms. The number of benzene rings is 2. The van der Waals surface area contributed by atoms with Crippen molar-refractivity contribution in [2.45, 2.75) is 12.3 Å². The summed E-state index contributed by atoms with van der Waals surface area (Å²) in [7, 11) is 0. The van der Waals surface area contributed by atoms with Gasteiger partial charge in [0.2, 0.25) is 6.75 Å². The highest BCUT2D eigenvalue weighted by molar-refractivity contribution is 5.46. The Morgan fingerprint density at radius 1 is 1.17 bits per heavy atom. The zero-order valence-corrected chi connectivity index (χ0v) is 12.9. The summed E-state index contributed by atoms with van der Waals surface area (Å²) in [6, 6.07) is 11.0. The van der Waals surface area contributed by atoms with Crippen LogP contribution >= 0.6 is 0 Å². The summed E-state index contributed by atoms with van der Waals surface area (Å²) in [5.41, 5.74) is 0.874. The van der Waals surface area contributed by atoms with Gasteiger partial charge in [-0.1, -0.05) is 12.1 Å². The molecule has 2 aliphatic rings. The Balaban J connectivity index is 1.48. The number of piperidine rings is 1. The molecule has 1 unspecified atom stereocenters. The van der Waals surface area contributed by atoms with Gasteiger partial charge < -0.3 is 19.5 Å². The summed E-state index contributed by atoms with van der Waals surface area (Å²) >= 11 is 0. The highest BCUT2D eigenvalue weighted by atomic mass is 19.1. The fourth-order valence-corrected chi connectivity index (χ4v) is 3.03. The van der Waals surface area contributed by atoms with Crippen molar-refractivity contribution in [3.05, 3.63) is 53.8 Å². The number of halogens is 1. The van der Waals surface area contributed by atoms with Crippen LogP contribution in [0.25, 0.3) is 0 Å². The SMILES string of the molecule is [2H]C1([2H])CC(c2ccc(F)cc2)[C@H](COc2ccc3c(c2)OC([2H])([2H])O3)CN1. The van der Waals surface area contributed by atoms with Crippen LogP contribution in [0.3, 0.4) is 0 Å². The fraction of sp³-hybridized carbons (Fsp3) is 0.368. The number of fused-ring (bicyclic) bond motifs is 1. The minimum atomic E-state index is -2.19. The van der Waals surface area contributed by atoms with Crippen LogP contribution in [0.5, 0.6) is 17.2 Å². The van der Waals surface area contributed by atoms with Crippen molar-refractivity contribution in [3.63, 3.8) is 0 Å². The van der Waals surface area contributed by atoms with Gasteiger partial charge >= 0.3 is 0 Å². The van der Waals surface area contributed by atoms with E-state index in [1.165, 1.54) is 12.1 Å². The number of hydrogen-bond acceptors (Lipinski definition) is 4. The zero-order chi connectivity index (χ0) is 19.9. The normalized spacial score (nSPS) is 29.0. The minimum absolute atomic E-state index is 0.0221. The molecule has 2 aliphatic heterocycles. The molecule has 4 nitrogen and oxygen atoms in total. The predicted molar refractivity (Wildman–Crippen MR) is 88.2 cm³/mol. The second-order valence-corrected chi connectivity index (χ2v) is 5.89. The van der Waals surface area contributed by atoms with Gasteiger partial charge in [-0.25, -0.2) is 4.39 Å². The number of hydrogen-bond donors (Lipinski definition) is 1. The highest BCUT2D eigenvalue weighted by Gasteiger charge is 2.27. The van der Waals surface area contributed by atoms with Crippen molar-refractivity contribution < 1.29 is 24.1 Å². The smallest absolute Gasteiger partial charge is 0.231 e. The van der Waals surface area contributed by atoms with E-state index in [1.807, 2.05) is 0 Å². The van der Waals surface area contributed by atoms with Crippen molar-refractivity contribution >= 4 is 0 Å². The van der Waals surface area contributed by atoms with Crippen LogP contribution in [0.15, 0.2) is 42.5 Å². The molecule has 0 radical (unpaired) electrons. The maximum Gasteiger partial charge on any atom is 0.231 e. The molecular formula is C19H20FNO3. The lowest BCUT2D eigenvalue weighted by Crippen LogP contribution is -2.38. The molecule has 1 saturated heterocycles. The standard InChI is InChI=1S/C19H20FNO3/c20-15-3-1-13(2-4-15)17-7-8-21-10-14(17)11-22-16-5-6-18-19(9-16)24-12-23-18/h1-6,9,14,17,21H,7-8,10-12H2/t14-,17?/m0/s1/i8D2,12D2. The Hall–Kier alpha value is -2.27. The monoisotopic (exact) mass is 333 g/mol. The molecule has 1 fully saturated rings. The van der Waals surface area contributed by atoms with Gasteiger partial charge in [-0.3, -0.25) is 0 Å². The molecule has 4 rings (SSSR count). The quantitative estimate of drug-likeness (QED) is 0.932. The molecule has 0 spiro atoms. The molecule has 5 heteroatoms. The second kappa shape index (κ2) is 6.69. The van der Waals surface area contributed by atoms with Gasteiger partial charge in [-0.2, -0.15) is 0 Å². The third-order valence-electron chi connectivity index (χ3n) is 4.36. The second-order valence-electron chi connectivity index (χ2n) is 5.89. The molecule has 2 heterocycles. The van der Waals surface area contributed by atoms with Crippen molar-refractivity contribution in [2.75, 3.05) is 26.4 Å². The lowest BCUT2D eigenvalue weighted by molar-refractivity contribution is 0.173. The third kappa shape index (κ3) is 3.17. The largest absolute Gasteiger partial charge is 0.493 e. The van der Waals surface area contributed by atoms with Gasteiger partial charge in [0.1, 0.15) is 14.3 Å². The Morgan fingerprint density at radius 3 is 2.88 bits per heavy atom. The molecule has 2 aromatic rings. The van der Waals surface area contributed by atoms with E-state index in [1.54, 1.807) is 30.3 Å². The summed E-state index contributed by atoms with van der Waals surface area (Å²) in [6.07, 6.45) is 0.258. The van der Waals surface area contributed by atoms with Gasteiger partial charge in [-0.15, -0.1) is 0 Å². The maximum atomic E-state index is 13.3. The molecule has 1 N–H and O–H groups in total. The first-order chi connectivity index (χ1) is 13.2. The van der Waals surface area contributed by atoms with E-state index in [0.717, 1.165) is 5.56 Å². The summed E-state index contributed by atoms with van der Waals surface area (Å²) in [6.45, 7) is -2.95. The van der Waals surface area contributed by atoms with Crippen molar-refractivity contribution in [1.29, 1.82) is 0 Å². The van der Waals surface area contributed by atoms with Crippen molar-refractivity contribution in [2.24, 2.45) is 5.92 Å². The van der Waals surface area contributed by atoms with Crippen LogP contribution in [-0.4, -0.2) is 26.4 Å². The average Bonchev–Trinajstić information content (AvgIpc) is 2.94. The van der Waals surface area contributed by atoms with E-state index >= 15 is 0 Å². The molecule has 126 valence electrons. The van der Waals surface area contributed by atoms with E-state index in [-0.39, 0.29) is 29.8 Å². The zero-order valence-electron chi connectivity index (χ0n) is 16.9. The number of nitrogens with one attached hydrogen (secondary N) is 1. The Morgan fingerprint density at radius 2 is 2.00 bits per heavy atom. The van der Waals surface area contributed by atoms with E-state index in [0.29, 0.717) is 24.7 Å². The van der Waals surface area contributed by atoms with Crippen LogP contribution in [0.1, 0.15) is 23.4 Å². The van der Waals surface area contributed by atoms with Gasteiger partial charge in [0.25, 0.3) is 0 Å². The van der Waals surface area contributed by atoms with Crippen molar-refractivity contribution in [1.82, 2.24) is 5.32 Å². The van der Waals surface area contributed by atoms with Crippen LogP contribution in [0.2, 0.25) is 0 Å². The summed E-state index contributed by atoms with van der Waals surface area (Å²) in [5, 5.41) is 2.89. The lowest BCUT2D eigenvalue weighted by atomic mass is 9.81. The maximum absolute atomic E-state index is 13.3. The Labute approximate surface area is 146 Å². The third-order valence-corrected chi connectivity index (χ3v) is 4.36. The summed E-state index contributed by atoms with van der Waals surface area (Å²) in [5.74, 6) is 0.621. The lowest BCUT2D eigenvalue weighted by Gasteiger charge is -2.32. The molecule has 0 amide bonds. The van der Waals surface area contributed by atoms with Gasteiger partial charge in [0, 0.05) is 21.3 Å². The van der Waals surface area contributed by atoms with Crippen LogP contribution in [0, 0.1) is 11.7 Å². The molecule has 2 aromatic carbocycles. The number of ether oxygens (including phenoxy) is 3. The molecule has 0 bridgehead atoms. The van der Waals surface area contributed by atoms with Crippen molar-refractivity contribution in [3.8, 4) is 17.2 Å². The first kappa shape index (κ1) is 11.3. The summed E-state index contributed by atoms with van der Waals surface area (Å²) in [4.78, 5) is 0. The highest BCUT2D eigenvalue weighted by Crippen LogP contribution is 2.36. The minimum Gasteiger partial charge on any atom is -0.493 e.